The van der Waals surface area contributed by atoms with Crippen molar-refractivity contribution in [1.82, 2.24) is 24.7 Å². The minimum Gasteiger partial charge on any atom is -0.508 e. The SMILES string of the molecule is Oc1ccc(Nc2nccc(-c3cccc(Cn4cncn4)c3)n2)cc1. The number of phenols is 1. The Balaban J connectivity index is 1.57. The van der Waals surface area contributed by atoms with E-state index < -0.39 is 0 Å². The second-order valence-electron chi connectivity index (χ2n) is 5.73. The number of aromatic hydroxyl groups is 1. The smallest absolute Gasteiger partial charge is 0.227 e. The first-order valence-electron chi connectivity index (χ1n) is 8.07. The largest absolute Gasteiger partial charge is 0.508 e. The van der Waals surface area contributed by atoms with Gasteiger partial charge in [0.25, 0.3) is 0 Å². The van der Waals surface area contributed by atoms with Crippen LogP contribution in [0.25, 0.3) is 11.3 Å². The van der Waals surface area contributed by atoms with E-state index in [1.165, 1.54) is 6.33 Å². The van der Waals surface area contributed by atoms with Gasteiger partial charge in [-0.15, -0.1) is 0 Å². The van der Waals surface area contributed by atoms with Gasteiger partial charge in [0.15, 0.2) is 0 Å². The van der Waals surface area contributed by atoms with Crippen molar-refractivity contribution in [2.75, 3.05) is 5.32 Å². The van der Waals surface area contributed by atoms with Crippen LogP contribution < -0.4 is 5.32 Å². The summed E-state index contributed by atoms with van der Waals surface area (Å²) in [5.74, 6) is 0.712. The Labute approximate surface area is 150 Å². The van der Waals surface area contributed by atoms with Gasteiger partial charge in [-0.3, -0.25) is 0 Å². The number of hydrogen-bond acceptors (Lipinski definition) is 6. The molecule has 2 heterocycles. The van der Waals surface area contributed by atoms with Gasteiger partial charge in [-0.25, -0.2) is 19.6 Å². The highest BCUT2D eigenvalue weighted by molar-refractivity contribution is 5.62. The first-order chi connectivity index (χ1) is 12.8. The monoisotopic (exact) mass is 344 g/mol. The molecule has 4 aromatic rings. The van der Waals surface area contributed by atoms with Crippen LogP contribution in [0.15, 0.2) is 73.4 Å². The standard InChI is InChI=1S/C19H16N6O/c26-17-6-4-16(5-7-17)23-19-21-9-8-18(24-19)15-3-1-2-14(10-15)11-25-13-20-12-22-25/h1-10,12-13,26H,11H2,(H,21,23,24). The van der Waals surface area contributed by atoms with Crippen molar-refractivity contribution in [2.45, 2.75) is 6.54 Å². The highest BCUT2D eigenvalue weighted by atomic mass is 16.3. The highest BCUT2D eigenvalue weighted by Crippen LogP contribution is 2.21. The van der Waals surface area contributed by atoms with E-state index in [1.54, 1.807) is 41.5 Å². The Morgan fingerprint density at radius 2 is 1.92 bits per heavy atom. The van der Waals surface area contributed by atoms with Crippen LogP contribution >= 0.6 is 0 Å². The Hall–Kier alpha value is -3.74. The second kappa shape index (κ2) is 7.02. The summed E-state index contributed by atoms with van der Waals surface area (Å²) < 4.78 is 1.77. The van der Waals surface area contributed by atoms with E-state index in [4.69, 9.17) is 0 Å². The summed E-state index contributed by atoms with van der Waals surface area (Å²) in [5.41, 5.74) is 3.74. The third-order valence-electron chi connectivity index (χ3n) is 3.81. The summed E-state index contributed by atoms with van der Waals surface area (Å²) in [4.78, 5) is 12.8. The van der Waals surface area contributed by atoms with Crippen molar-refractivity contribution in [1.29, 1.82) is 0 Å². The van der Waals surface area contributed by atoms with Gasteiger partial charge in [0.2, 0.25) is 5.95 Å². The normalized spacial score (nSPS) is 10.6. The molecule has 0 saturated heterocycles. The van der Waals surface area contributed by atoms with Crippen molar-refractivity contribution in [2.24, 2.45) is 0 Å². The van der Waals surface area contributed by atoms with E-state index in [0.717, 1.165) is 22.5 Å². The van der Waals surface area contributed by atoms with Crippen molar-refractivity contribution in [3.8, 4) is 17.0 Å². The molecule has 0 fully saturated rings. The van der Waals surface area contributed by atoms with Crippen LogP contribution in [0.3, 0.4) is 0 Å². The van der Waals surface area contributed by atoms with Crippen molar-refractivity contribution in [3.63, 3.8) is 0 Å². The first-order valence-corrected chi connectivity index (χ1v) is 8.07. The third kappa shape index (κ3) is 3.67. The van der Waals surface area contributed by atoms with E-state index in [2.05, 4.69) is 31.4 Å². The van der Waals surface area contributed by atoms with Crippen molar-refractivity contribution < 1.29 is 5.11 Å². The molecule has 128 valence electrons. The molecule has 0 atom stereocenters. The zero-order valence-corrected chi connectivity index (χ0v) is 13.8. The lowest BCUT2D eigenvalue weighted by atomic mass is 10.1. The molecular weight excluding hydrogens is 328 g/mol. The fourth-order valence-corrected chi connectivity index (χ4v) is 2.58. The van der Waals surface area contributed by atoms with E-state index in [1.807, 2.05) is 24.3 Å². The van der Waals surface area contributed by atoms with E-state index in [0.29, 0.717) is 12.5 Å². The van der Waals surface area contributed by atoms with Gasteiger partial charge in [-0.1, -0.05) is 18.2 Å². The molecule has 2 aromatic heterocycles. The number of anilines is 2. The number of benzene rings is 2. The van der Waals surface area contributed by atoms with Crippen LogP contribution in [0.4, 0.5) is 11.6 Å². The molecule has 2 aromatic carbocycles. The molecule has 7 nitrogen and oxygen atoms in total. The van der Waals surface area contributed by atoms with Crippen LogP contribution in [0, 0.1) is 0 Å². The lowest BCUT2D eigenvalue weighted by Gasteiger charge is -2.08. The zero-order valence-electron chi connectivity index (χ0n) is 13.8. The van der Waals surface area contributed by atoms with Gasteiger partial charge in [0, 0.05) is 17.4 Å². The van der Waals surface area contributed by atoms with Gasteiger partial charge >= 0.3 is 0 Å². The van der Waals surface area contributed by atoms with Crippen molar-refractivity contribution >= 4 is 11.6 Å². The topological polar surface area (TPSA) is 88.8 Å². The van der Waals surface area contributed by atoms with Crippen LogP contribution in [-0.4, -0.2) is 29.8 Å². The number of rotatable bonds is 5. The molecular formula is C19H16N6O. The quantitative estimate of drug-likeness (QED) is 0.540. The van der Waals surface area contributed by atoms with Gasteiger partial charge in [-0.2, -0.15) is 5.10 Å². The first kappa shape index (κ1) is 15.8. The zero-order chi connectivity index (χ0) is 17.8. The van der Waals surface area contributed by atoms with E-state index in [9.17, 15) is 5.11 Å². The van der Waals surface area contributed by atoms with E-state index >= 15 is 0 Å². The molecule has 0 bridgehead atoms. The molecule has 0 unspecified atom stereocenters. The van der Waals surface area contributed by atoms with Crippen LogP contribution in [0.5, 0.6) is 5.75 Å². The fraction of sp³-hybridized carbons (Fsp3) is 0.0526. The minimum atomic E-state index is 0.217. The highest BCUT2D eigenvalue weighted by Gasteiger charge is 2.05. The van der Waals surface area contributed by atoms with Crippen LogP contribution in [0.1, 0.15) is 5.56 Å². The minimum absolute atomic E-state index is 0.217. The molecule has 0 radical (unpaired) electrons. The fourth-order valence-electron chi connectivity index (χ4n) is 2.58. The number of nitrogens with zero attached hydrogens (tertiary/aromatic N) is 5. The molecule has 4 rings (SSSR count). The molecule has 0 amide bonds. The Morgan fingerprint density at radius 1 is 1.04 bits per heavy atom. The number of phenolic OH excluding ortho intramolecular Hbond substituents is 1. The van der Waals surface area contributed by atoms with Crippen molar-refractivity contribution in [3.05, 3.63) is 79.0 Å². The average molecular weight is 344 g/mol. The number of nitrogens with one attached hydrogen (secondary N) is 1. The van der Waals surface area contributed by atoms with Gasteiger partial charge in [0.1, 0.15) is 18.4 Å². The van der Waals surface area contributed by atoms with Crippen LogP contribution in [0.2, 0.25) is 0 Å². The molecule has 0 aliphatic rings. The Morgan fingerprint density at radius 3 is 2.73 bits per heavy atom. The average Bonchev–Trinajstić information content (AvgIpc) is 3.17. The molecule has 2 N–H and O–H groups in total. The summed E-state index contributed by atoms with van der Waals surface area (Å²) in [5, 5.41) is 16.6. The lowest BCUT2D eigenvalue weighted by molar-refractivity contribution is 0.475. The molecule has 0 spiro atoms. The Kier molecular flexibility index (Phi) is 4.26. The van der Waals surface area contributed by atoms with Gasteiger partial charge < -0.3 is 10.4 Å². The third-order valence-corrected chi connectivity index (χ3v) is 3.81. The second-order valence-corrected chi connectivity index (χ2v) is 5.73. The summed E-state index contributed by atoms with van der Waals surface area (Å²) in [6.45, 7) is 0.650. The summed E-state index contributed by atoms with van der Waals surface area (Å²) >= 11 is 0. The summed E-state index contributed by atoms with van der Waals surface area (Å²) in [6, 6.07) is 16.8. The molecule has 0 saturated carbocycles. The molecule has 0 aliphatic heterocycles. The number of hydrogen-bond donors (Lipinski definition) is 2. The Bertz CT molecular complexity index is 999. The van der Waals surface area contributed by atoms with E-state index in [-0.39, 0.29) is 5.75 Å². The predicted molar refractivity (Wildman–Crippen MR) is 98.0 cm³/mol. The maximum absolute atomic E-state index is 9.36. The summed E-state index contributed by atoms with van der Waals surface area (Å²) in [7, 11) is 0. The van der Waals surface area contributed by atoms with Crippen LogP contribution in [-0.2, 0) is 6.54 Å². The molecule has 26 heavy (non-hydrogen) atoms. The van der Waals surface area contributed by atoms with Gasteiger partial charge in [-0.05, 0) is 42.0 Å². The predicted octanol–water partition coefficient (Wildman–Crippen LogP) is 3.23. The molecule has 0 aliphatic carbocycles. The maximum Gasteiger partial charge on any atom is 0.227 e. The summed E-state index contributed by atoms with van der Waals surface area (Å²) in [6.07, 6.45) is 4.93. The lowest BCUT2D eigenvalue weighted by Crippen LogP contribution is -2.00. The maximum atomic E-state index is 9.36. The van der Waals surface area contributed by atoms with Gasteiger partial charge in [0.05, 0.1) is 12.2 Å². The molecule has 7 heteroatoms. The number of aromatic nitrogens is 5.